The molecule has 168 valence electrons. The molecule has 1 aliphatic heterocycles. The van der Waals surface area contributed by atoms with Gasteiger partial charge in [-0.05, 0) is 66.0 Å². The monoisotopic (exact) mass is 452 g/mol. The molecule has 0 bridgehead atoms. The van der Waals surface area contributed by atoms with Gasteiger partial charge in [-0.15, -0.1) is 0 Å². The summed E-state index contributed by atoms with van der Waals surface area (Å²) in [6.07, 6.45) is 7.53. The van der Waals surface area contributed by atoms with E-state index in [2.05, 4.69) is 87.7 Å². The summed E-state index contributed by atoms with van der Waals surface area (Å²) in [4.78, 5) is 0. The van der Waals surface area contributed by atoms with E-state index in [0.29, 0.717) is 5.92 Å². The first-order valence-electron chi connectivity index (χ1n) is 12.5. The highest BCUT2D eigenvalue weighted by Gasteiger charge is 2.34. The van der Waals surface area contributed by atoms with Crippen molar-refractivity contribution in [1.29, 1.82) is 0 Å². The van der Waals surface area contributed by atoms with Gasteiger partial charge in [-0.25, -0.2) is 4.57 Å². The van der Waals surface area contributed by atoms with Crippen LogP contribution in [0.4, 0.5) is 0 Å². The van der Waals surface area contributed by atoms with Crippen molar-refractivity contribution in [3.8, 4) is 22.8 Å². The molecule has 0 amide bonds. The van der Waals surface area contributed by atoms with E-state index in [9.17, 15) is 0 Å². The smallest absolute Gasteiger partial charge is 0.228 e. The van der Waals surface area contributed by atoms with Crippen LogP contribution in [0.15, 0.2) is 42.6 Å². The molecule has 1 saturated carbocycles. The number of hydrogen-bond donors (Lipinski definition) is 0. The molecule has 1 aliphatic carbocycles. The molecule has 1 aromatic heterocycles. The first-order valence-corrected chi connectivity index (χ1v) is 16.0. The second-order valence-electron chi connectivity index (χ2n) is 11.3. The SMILES string of the molecule is Cc1c2c(c(C)c3c([Si](C)(C)C)cccc13)Oc1cc(C3CCCC3)cc3cc[n+](C)c-2c13. The summed E-state index contributed by atoms with van der Waals surface area (Å²) in [7, 11) is 0.660. The zero-order valence-electron chi connectivity index (χ0n) is 20.8. The van der Waals surface area contributed by atoms with Crippen molar-refractivity contribution in [1.82, 2.24) is 0 Å². The van der Waals surface area contributed by atoms with Gasteiger partial charge in [0.2, 0.25) is 5.69 Å². The third-order valence-corrected chi connectivity index (χ3v) is 10.1. The standard InChI is InChI=1S/C30H34NOSi/c1-18-23-12-9-13-25(33(4,5)6)26(23)19(2)30-27(18)29-28-21(14-15-31(29)3)16-22(17-24(28)32-30)20-10-7-8-11-20/h9,12-17,20H,7-8,10-11H2,1-6H3/q+1. The van der Waals surface area contributed by atoms with Crippen molar-refractivity contribution in [2.24, 2.45) is 7.05 Å². The molecule has 2 nitrogen and oxygen atoms in total. The van der Waals surface area contributed by atoms with Crippen molar-refractivity contribution in [2.75, 3.05) is 0 Å². The molecule has 0 atom stereocenters. The maximum absolute atomic E-state index is 6.89. The van der Waals surface area contributed by atoms with E-state index in [1.54, 1.807) is 0 Å². The van der Waals surface area contributed by atoms with Crippen LogP contribution in [-0.4, -0.2) is 8.07 Å². The van der Waals surface area contributed by atoms with Crippen LogP contribution in [0.25, 0.3) is 32.8 Å². The van der Waals surface area contributed by atoms with E-state index in [0.717, 1.165) is 11.5 Å². The van der Waals surface area contributed by atoms with Crippen LogP contribution in [0.3, 0.4) is 0 Å². The highest BCUT2D eigenvalue weighted by molar-refractivity contribution is 6.90. The quantitative estimate of drug-likeness (QED) is 0.201. The molecular formula is C30H34NOSi+. The molecule has 0 spiro atoms. The van der Waals surface area contributed by atoms with Crippen LogP contribution in [0.2, 0.25) is 19.6 Å². The summed E-state index contributed by atoms with van der Waals surface area (Å²) in [5.41, 5.74) is 6.64. The molecule has 33 heavy (non-hydrogen) atoms. The van der Waals surface area contributed by atoms with E-state index in [4.69, 9.17) is 4.74 Å². The van der Waals surface area contributed by atoms with Crippen molar-refractivity contribution in [2.45, 2.75) is 65.1 Å². The predicted octanol–water partition coefficient (Wildman–Crippen LogP) is 7.41. The number of pyridine rings is 1. The minimum absolute atomic E-state index is 0.672. The zero-order valence-corrected chi connectivity index (χ0v) is 21.8. The fraction of sp³-hybridized carbons (Fsp3) is 0.367. The second-order valence-corrected chi connectivity index (χ2v) is 16.3. The Kier molecular flexibility index (Phi) is 4.55. The number of fused-ring (bicyclic) bond motifs is 3. The Morgan fingerprint density at radius 1 is 0.939 bits per heavy atom. The van der Waals surface area contributed by atoms with Crippen molar-refractivity contribution in [3.05, 3.63) is 59.3 Å². The molecule has 3 aromatic carbocycles. The van der Waals surface area contributed by atoms with Crippen molar-refractivity contribution in [3.63, 3.8) is 0 Å². The average molecular weight is 453 g/mol. The number of aromatic nitrogens is 1. The van der Waals surface area contributed by atoms with Crippen molar-refractivity contribution < 1.29 is 9.30 Å². The number of benzene rings is 3. The minimum Gasteiger partial charge on any atom is -0.455 e. The molecule has 3 heteroatoms. The van der Waals surface area contributed by atoms with Crippen LogP contribution in [0.1, 0.15) is 48.3 Å². The molecular weight excluding hydrogens is 418 g/mol. The lowest BCUT2D eigenvalue weighted by Gasteiger charge is -2.27. The molecule has 6 rings (SSSR count). The van der Waals surface area contributed by atoms with Gasteiger partial charge in [0, 0.05) is 11.6 Å². The maximum atomic E-state index is 6.89. The molecule has 1 fully saturated rings. The minimum atomic E-state index is -1.52. The average Bonchev–Trinajstić information content (AvgIpc) is 3.33. The Morgan fingerprint density at radius 3 is 2.42 bits per heavy atom. The number of rotatable bonds is 2. The topological polar surface area (TPSA) is 13.1 Å². The van der Waals surface area contributed by atoms with E-state index >= 15 is 0 Å². The summed E-state index contributed by atoms with van der Waals surface area (Å²) >= 11 is 0. The highest BCUT2D eigenvalue weighted by atomic mass is 28.3. The molecule has 0 N–H and O–H groups in total. The Labute approximate surface area is 198 Å². The number of ether oxygens (including phenoxy) is 1. The lowest BCUT2D eigenvalue weighted by atomic mass is 9.87. The van der Waals surface area contributed by atoms with Gasteiger partial charge < -0.3 is 4.74 Å². The normalized spacial score (nSPS) is 15.8. The maximum Gasteiger partial charge on any atom is 0.228 e. The summed E-state index contributed by atoms with van der Waals surface area (Å²) in [6, 6.07) is 14.0. The predicted molar refractivity (Wildman–Crippen MR) is 142 cm³/mol. The summed E-state index contributed by atoms with van der Waals surface area (Å²) in [5.74, 6) is 2.77. The van der Waals surface area contributed by atoms with E-state index in [1.807, 2.05) is 0 Å². The van der Waals surface area contributed by atoms with Gasteiger partial charge in [0.25, 0.3) is 0 Å². The number of aryl methyl sites for hydroxylation is 3. The fourth-order valence-electron chi connectivity index (χ4n) is 6.39. The van der Waals surface area contributed by atoms with Gasteiger partial charge in [-0.2, -0.15) is 0 Å². The first-order chi connectivity index (χ1) is 15.8. The van der Waals surface area contributed by atoms with Crippen LogP contribution < -0.4 is 14.5 Å². The Morgan fingerprint density at radius 2 is 1.70 bits per heavy atom. The van der Waals surface area contributed by atoms with Crippen LogP contribution in [0, 0.1) is 13.8 Å². The Bertz CT molecular complexity index is 1450. The largest absolute Gasteiger partial charge is 0.455 e. The van der Waals surface area contributed by atoms with Crippen molar-refractivity contribution >= 4 is 34.8 Å². The Balaban J connectivity index is 1.71. The molecule has 2 aliphatic rings. The summed E-state index contributed by atoms with van der Waals surface area (Å²) in [6.45, 7) is 11.9. The third-order valence-electron chi connectivity index (χ3n) is 8.09. The Hall–Kier alpha value is -2.65. The van der Waals surface area contributed by atoms with E-state index in [-0.39, 0.29) is 0 Å². The second kappa shape index (κ2) is 7.17. The van der Waals surface area contributed by atoms with Gasteiger partial charge in [-0.1, -0.05) is 61.9 Å². The van der Waals surface area contributed by atoms with Gasteiger partial charge in [0.1, 0.15) is 18.5 Å². The molecule has 0 radical (unpaired) electrons. The van der Waals surface area contributed by atoms with Gasteiger partial charge >= 0.3 is 0 Å². The fourth-order valence-corrected chi connectivity index (χ4v) is 8.05. The lowest BCUT2D eigenvalue weighted by Crippen LogP contribution is -2.38. The molecule has 0 saturated heterocycles. The van der Waals surface area contributed by atoms with E-state index < -0.39 is 8.07 Å². The lowest BCUT2D eigenvalue weighted by molar-refractivity contribution is -0.659. The molecule has 2 heterocycles. The zero-order chi connectivity index (χ0) is 23.1. The highest BCUT2D eigenvalue weighted by Crippen LogP contribution is 2.51. The van der Waals surface area contributed by atoms with Crippen LogP contribution in [0.5, 0.6) is 11.5 Å². The first kappa shape index (κ1) is 20.9. The van der Waals surface area contributed by atoms with Gasteiger partial charge in [0.05, 0.1) is 19.0 Å². The third kappa shape index (κ3) is 3.01. The number of hydrogen-bond acceptors (Lipinski definition) is 1. The molecule has 0 unspecified atom stereocenters. The molecule has 4 aromatic rings. The summed E-state index contributed by atoms with van der Waals surface area (Å²) < 4.78 is 9.19. The number of nitrogens with zero attached hydrogens (tertiary/aromatic N) is 1. The van der Waals surface area contributed by atoms with Crippen LogP contribution >= 0.6 is 0 Å². The van der Waals surface area contributed by atoms with E-state index in [1.165, 1.54) is 80.4 Å². The van der Waals surface area contributed by atoms with Crippen LogP contribution in [-0.2, 0) is 7.05 Å². The van der Waals surface area contributed by atoms with Gasteiger partial charge in [0.15, 0.2) is 6.20 Å². The van der Waals surface area contributed by atoms with Gasteiger partial charge in [-0.3, -0.25) is 0 Å². The summed E-state index contributed by atoms with van der Waals surface area (Å²) in [5, 5.41) is 6.88.